The summed E-state index contributed by atoms with van der Waals surface area (Å²) in [5.74, 6) is -1.81. The largest absolute Gasteiger partial charge is 0.490 e. The maximum absolute atomic E-state index is 12.7. The van der Waals surface area contributed by atoms with Gasteiger partial charge in [-0.1, -0.05) is 23.8 Å². The number of halogens is 3. The molecule has 1 N–H and O–H groups in total. The number of carbonyl (C=O) groups is 2. The number of fused-ring (bicyclic) bond motifs is 1. The number of carboxylic acid groups (broad SMARTS) is 1. The van der Waals surface area contributed by atoms with Crippen molar-refractivity contribution in [2.24, 2.45) is 0 Å². The first-order valence-electron chi connectivity index (χ1n) is 9.68. The Morgan fingerprint density at radius 1 is 1.03 bits per heavy atom. The number of carboxylic acids is 1. The molecule has 0 fully saturated rings. The van der Waals surface area contributed by atoms with Crippen molar-refractivity contribution in [3.8, 4) is 11.3 Å². The number of imidazole rings is 1. The topological polar surface area (TPSA) is 88.3 Å². The van der Waals surface area contributed by atoms with E-state index in [0.29, 0.717) is 18.7 Å². The average Bonchev–Trinajstić information content (AvgIpc) is 3.16. The molecule has 1 aliphatic heterocycles. The highest BCUT2D eigenvalue weighted by atomic mass is 19.4. The van der Waals surface area contributed by atoms with Crippen LogP contribution in [0.3, 0.4) is 0 Å². The lowest BCUT2D eigenvalue weighted by atomic mass is 10.1. The second-order valence-electron chi connectivity index (χ2n) is 7.36. The summed E-state index contributed by atoms with van der Waals surface area (Å²) >= 11 is 0. The van der Waals surface area contributed by atoms with Gasteiger partial charge in [0.15, 0.2) is 0 Å². The molecule has 0 bridgehead atoms. The number of carbonyl (C=O) groups excluding carboxylic acids is 1. The van der Waals surface area contributed by atoms with E-state index >= 15 is 0 Å². The van der Waals surface area contributed by atoms with Crippen LogP contribution in [0.15, 0.2) is 48.9 Å². The SMILES string of the molecule is Cc1cncc(C(=O)N2CCn3c(-c4cccc(C)c4)cnc3C2)c1.O=C(O)C(F)(F)F. The Bertz CT molecular complexity index is 1140. The first-order valence-corrected chi connectivity index (χ1v) is 9.68. The summed E-state index contributed by atoms with van der Waals surface area (Å²) < 4.78 is 34.0. The van der Waals surface area contributed by atoms with Crippen LogP contribution in [0.4, 0.5) is 13.2 Å². The van der Waals surface area contributed by atoms with Gasteiger partial charge >= 0.3 is 12.1 Å². The molecular weight excluding hydrogens is 425 g/mol. The third-order valence-electron chi connectivity index (χ3n) is 4.83. The maximum Gasteiger partial charge on any atom is 0.490 e. The van der Waals surface area contributed by atoms with Crippen LogP contribution in [0.2, 0.25) is 0 Å². The third kappa shape index (κ3) is 5.32. The molecule has 3 heterocycles. The zero-order valence-electron chi connectivity index (χ0n) is 17.4. The Kier molecular flexibility index (Phi) is 6.61. The number of benzene rings is 1. The van der Waals surface area contributed by atoms with Gasteiger partial charge in [-0.3, -0.25) is 9.78 Å². The van der Waals surface area contributed by atoms with Crippen LogP contribution in [0.5, 0.6) is 0 Å². The van der Waals surface area contributed by atoms with Crippen LogP contribution in [0.25, 0.3) is 11.3 Å². The number of amides is 1. The number of aliphatic carboxylic acids is 1. The van der Waals surface area contributed by atoms with Crippen molar-refractivity contribution in [1.29, 1.82) is 0 Å². The zero-order valence-corrected chi connectivity index (χ0v) is 17.4. The number of hydrogen-bond acceptors (Lipinski definition) is 4. The number of nitrogens with zero attached hydrogens (tertiary/aromatic N) is 4. The molecule has 3 aromatic rings. The summed E-state index contributed by atoms with van der Waals surface area (Å²) in [6.07, 6.45) is 0.217. The smallest absolute Gasteiger partial charge is 0.475 e. The molecule has 0 aliphatic carbocycles. The Hall–Kier alpha value is -3.69. The first kappa shape index (κ1) is 23.0. The summed E-state index contributed by atoms with van der Waals surface area (Å²) in [4.78, 5) is 32.2. The van der Waals surface area contributed by atoms with Gasteiger partial charge in [-0.05, 0) is 31.5 Å². The molecule has 0 saturated heterocycles. The quantitative estimate of drug-likeness (QED) is 0.646. The van der Waals surface area contributed by atoms with E-state index in [4.69, 9.17) is 9.90 Å². The van der Waals surface area contributed by atoms with Crippen LogP contribution in [-0.4, -0.2) is 49.1 Å². The maximum atomic E-state index is 12.7. The zero-order chi connectivity index (χ0) is 23.5. The summed E-state index contributed by atoms with van der Waals surface area (Å²) in [5.41, 5.74) is 5.14. The van der Waals surface area contributed by atoms with E-state index in [1.54, 1.807) is 12.4 Å². The standard InChI is InChI=1S/C20H20N4O.C2HF3O2/c1-14-4-3-5-16(8-14)18-12-22-19-13-23(6-7-24(18)19)20(25)17-9-15(2)10-21-11-17;3-2(4,5)1(6)7/h3-5,8-12H,6-7,13H2,1-2H3;(H,6,7). The van der Waals surface area contributed by atoms with Crippen molar-refractivity contribution in [3.05, 3.63) is 71.4 Å². The molecule has 32 heavy (non-hydrogen) atoms. The highest BCUT2D eigenvalue weighted by Crippen LogP contribution is 2.25. The van der Waals surface area contributed by atoms with Gasteiger partial charge in [-0.15, -0.1) is 0 Å². The van der Waals surface area contributed by atoms with E-state index in [1.165, 1.54) is 11.1 Å². The Morgan fingerprint density at radius 3 is 2.38 bits per heavy atom. The van der Waals surface area contributed by atoms with E-state index < -0.39 is 12.1 Å². The van der Waals surface area contributed by atoms with Crippen molar-refractivity contribution >= 4 is 11.9 Å². The van der Waals surface area contributed by atoms with Gasteiger partial charge in [0, 0.05) is 31.0 Å². The van der Waals surface area contributed by atoms with Gasteiger partial charge in [0.1, 0.15) is 5.82 Å². The molecule has 1 aromatic carbocycles. The van der Waals surface area contributed by atoms with Crippen LogP contribution in [0, 0.1) is 13.8 Å². The monoisotopic (exact) mass is 446 g/mol. The van der Waals surface area contributed by atoms with Gasteiger partial charge in [0.2, 0.25) is 0 Å². The van der Waals surface area contributed by atoms with E-state index in [2.05, 4.69) is 45.7 Å². The van der Waals surface area contributed by atoms with E-state index in [1.807, 2.05) is 24.1 Å². The molecule has 1 aliphatic rings. The Morgan fingerprint density at radius 2 is 1.75 bits per heavy atom. The molecule has 168 valence electrons. The lowest BCUT2D eigenvalue weighted by Crippen LogP contribution is -2.38. The molecule has 1 amide bonds. The van der Waals surface area contributed by atoms with Crippen LogP contribution >= 0.6 is 0 Å². The van der Waals surface area contributed by atoms with E-state index in [0.717, 1.165) is 23.6 Å². The van der Waals surface area contributed by atoms with Crippen molar-refractivity contribution in [1.82, 2.24) is 19.4 Å². The molecule has 7 nitrogen and oxygen atoms in total. The summed E-state index contributed by atoms with van der Waals surface area (Å²) in [7, 11) is 0. The fraction of sp³-hybridized carbons (Fsp3) is 0.273. The number of rotatable bonds is 2. The molecule has 0 radical (unpaired) electrons. The second kappa shape index (κ2) is 9.21. The second-order valence-corrected chi connectivity index (χ2v) is 7.36. The summed E-state index contributed by atoms with van der Waals surface area (Å²) in [5, 5.41) is 7.12. The van der Waals surface area contributed by atoms with Crippen molar-refractivity contribution in [2.75, 3.05) is 6.54 Å². The molecule has 0 spiro atoms. The Balaban J connectivity index is 0.000000360. The minimum Gasteiger partial charge on any atom is -0.475 e. The molecule has 0 atom stereocenters. The number of aryl methyl sites for hydroxylation is 2. The third-order valence-corrected chi connectivity index (χ3v) is 4.83. The molecule has 0 unspecified atom stereocenters. The lowest BCUT2D eigenvalue weighted by molar-refractivity contribution is -0.192. The van der Waals surface area contributed by atoms with Crippen molar-refractivity contribution in [2.45, 2.75) is 33.1 Å². The lowest BCUT2D eigenvalue weighted by Gasteiger charge is -2.28. The van der Waals surface area contributed by atoms with Crippen molar-refractivity contribution in [3.63, 3.8) is 0 Å². The minimum atomic E-state index is -5.08. The van der Waals surface area contributed by atoms with Gasteiger partial charge in [-0.2, -0.15) is 13.2 Å². The van der Waals surface area contributed by atoms with Gasteiger partial charge in [-0.25, -0.2) is 9.78 Å². The summed E-state index contributed by atoms with van der Waals surface area (Å²) in [6, 6.07) is 10.3. The van der Waals surface area contributed by atoms with Crippen LogP contribution in [0.1, 0.15) is 27.3 Å². The van der Waals surface area contributed by atoms with E-state index in [9.17, 15) is 18.0 Å². The van der Waals surface area contributed by atoms with Crippen LogP contribution < -0.4 is 0 Å². The number of alkyl halides is 3. The Labute approximate surface area is 182 Å². The predicted molar refractivity (Wildman–Crippen MR) is 110 cm³/mol. The number of pyridine rings is 1. The molecular formula is C22H21F3N4O3. The highest BCUT2D eigenvalue weighted by molar-refractivity contribution is 5.94. The van der Waals surface area contributed by atoms with Gasteiger partial charge < -0.3 is 14.6 Å². The molecule has 10 heteroatoms. The fourth-order valence-electron chi connectivity index (χ4n) is 3.32. The molecule has 4 rings (SSSR count). The molecule has 0 saturated carbocycles. The summed E-state index contributed by atoms with van der Waals surface area (Å²) in [6.45, 7) is 5.99. The van der Waals surface area contributed by atoms with Gasteiger partial charge in [0.05, 0.1) is 24.0 Å². The number of aromatic nitrogens is 3. The van der Waals surface area contributed by atoms with E-state index in [-0.39, 0.29) is 5.91 Å². The predicted octanol–water partition coefficient (Wildman–Crippen LogP) is 3.85. The number of hydrogen-bond donors (Lipinski definition) is 1. The first-order chi connectivity index (χ1) is 15.1. The minimum absolute atomic E-state index is 0.0163. The average molecular weight is 446 g/mol. The highest BCUT2D eigenvalue weighted by Gasteiger charge is 2.38. The normalized spacial score (nSPS) is 13.1. The van der Waals surface area contributed by atoms with Crippen molar-refractivity contribution < 1.29 is 27.9 Å². The van der Waals surface area contributed by atoms with Gasteiger partial charge in [0.25, 0.3) is 5.91 Å². The molecule has 2 aromatic heterocycles. The van der Waals surface area contributed by atoms with Crippen LogP contribution in [-0.2, 0) is 17.9 Å². The fourth-order valence-corrected chi connectivity index (χ4v) is 3.32.